The van der Waals surface area contributed by atoms with Gasteiger partial charge in [0.15, 0.2) is 6.10 Å². The van der Waals surface area contributed by atoms with Crippen molar-refractivity contribution in [2.75, 3.05) is 13.2 Å². The fourth-order valence-electron chi connectivity index (χ4n) is 3.35. The lowest BCUT2D eigenvalue weighted by molar-refractivity contribution is -0.145. The predicted octanol–water partition coefficient (Wildman–Crippen LogP) is 5.90. The number of halogens is 2. The van der Waals surface area contributed by atoms with Gasteiger partial charge in [0.1, 0.15) is 34.6 Å². The summed E-state index contributed by atoms with van der Waals surface area (Å²) in [5, 5.41) is 9.54. The first kappa shape index (κ1) is 22.7. The van der Waals surface area contributed by atoms with Crippen LogP contribution in [0.2, 0.25) is 5.02 Å². The van der Waals surface area contributed by atoms with Crippen LogP contribution in [0.5, 0.6) is 28.7 Å². The zero-order valence-corrected chi connectivity index (χ0v) is 18.4. The summed E-state index contributed by atoms with van der Waals surface area (Å²) < 4.78 is 35.6. The lowest BCUT2D eigenvalue weighted by Crippen LogP contribution is -2.30. The van der Waals surface area contributed by atoms with E-state index in [2.05, 4.69) is 0 Å². The van der Waals surface area contributed by atoms with Gasteiger partial charge in [-0.15, -0.1) is 0 Å². The summed E-state index contributed by atoms with van der Waals surface area (Å²) >= 11 is 6.28. The van der Waals surface area contributed by atoms with Gasteiger partial charge < -0.3 is 24.1 Å². The van der Waals surface area contributed by atoms with Crippen LogP contribution in [0.25, 0.3) is 0 Å². The Labute approximate surface area is 195 Å². The molecule has 172 valence electrons. The molecule has 0 radical (unpaired) electrons. The van der Waals surface area contributed by atoms with Crippen LogP contribution in [-0.2, 0) is 11.2 Å². The van der Waals surface area contributed by atoms with Crippen LogP contribution in [0.3, 0.4) is 0 Å². The van der Waals surface area contributed by atoms with E-state index in [1.807, 2.05) is 12.1 Å². The Morgan fingerprint density at radius 2 is 1.73 bits per heavy atom. The Kier molecular flexibility index (Phi) is 7.19. The van der Waals surface area contributed by atoms with E-state index in [0.717, 1.165) is 5.56 Å². The number of aryl methyl sites for hydroxylation is 1. The molecule has 0 saturated carbocycles. The molecule has 33 heavy (non-hydrogen) atoms. The van der Waals surface area contributed by atoms with E-state index in [4.69, 9.17) is 35.7 Å². The van der Waals surface area contributed by atoms with Crippen molar-refractivity contribution in [2.45, 2.75) is 25.4 Å². The van der Waals surface area contributed by atoms with Crippen LogP contribution in [-0.4, -0.2) is 30.4 Å². The zero-order valence-electron chi connectivity index (χ0n) is 17.6. The lowest BCUT2D eigenvalue weighted by atomic mass is 10.0. The Morgan fingerprint density at radius 1 is 1.00 bits per heavy atom. The van der Waals surface area contributed by atoms with E-state index in [1.165, 1.54) is 24.3 Å². The number of carbonyl (C=O) groups is 1. The van der Waals surface area contributed by atoms with Gasteiger partial charge in [-0.3, -0.25) is 0 Å². The highest BCUT2D eigenvalue weighted by Gasteiger charge is 2.25. The fourth-order valence-corrected chi connectivity index (χ4v) is 3.57. The quantitative estimate of drug-likeness (QED) is 0.391. The van der Waals surface area contributed by atoms with Crippen LogP contribution < -0.4 is 18.9 Å². The van der Waals surface area contributed by atoms with Crippen molar-refractivity contribution in [1.29, 1.82) is 0 Å². The Bertz CT molecular complexity index is 1120. The van der Waals surface area contributed by atoms with E-state index >= 15 is 0 Å². The van der Waals surface area contributed by atoms with Gasteiger partial charge in [-0.2, -0.15) is 0 Å². The second-order valence-electron chi connectivity index (χ2n) is 7.45. The van der Waals surface area contributed by atoms with Gasteiger partial charge in [-0.1, -0.05) is 17.7 Å². The monoisotopic (exact) mass is 472 g/mol. The largest absolute Gasteiger partial charge is 0.493 e. The molecule has 0 fully saturated rings. The number of hydrogen-bond acceptors (Lipinski definition) is 5. The third kappa shape index (κ3) is 6.08. The van der Waals surface area contributed by atoms with E-state index < -0.39 is 12.1 Å². The standard InChI is InChI=1S/C25H22ClFO6/c26-21-14-20(32-18-7-4-17(27)5-8-18)9-11-22(21)31-13-1-12-30-19-6-2-16-3-10-23(25(28)29)33-24(16)15-19/h2,4-9,11,14-15,23H,1,3,10,12-13H2,(H,28,29). The summed E-state index contributed by atoms with van der Waals surface area (Å²) in [6.45, 7) is 0.797. The van der Waals surface area contributed by atoms with Gasteiger partial charge in [0.25, 0.3) is 0 Å². The molecule has 0 aromatic heterocycles. The molecule has 3 aromatic rings. The molecule has 4 rings (SSSR count). The highest BCUT2D eigenvalue weighted by molar-refractivity contribution is 6.32. The molecule has 3 aromatic carbocycles. The summed E-state index contributed by atoms with van der Waals surface area (Å²) in [4.78, 5) is 11.1. The summed E-state index contributed by atoms with van der Waals surface area (Å²) in [5.41, 5.74) is 0.977. The minimum atomic E-state index is -0.960. The Balaban J connectivity index is 1.23. The van der Waals surface area contributed by atoms with Crippen molar-refractivity contribution in [1.82, 2.24) is 0 Å². The zero-order chi connectivity index (χ0) is 23.2. The number of carboxylic acid groups (broad SMARTS) is 1. The van der Waals surface area contributed by atoms with Gasteiger partial charge in [-0.05, 0) is 60.9 Å². The SMILES string of the molecule is O=C(O)C1CCc2ccc(OCCCOc3ccc(Oc4ccc(F)cc4)cc3Cl)cc2O1. The molecule has 0 aliphatic carbocycles. The molecule has 1 N–H and O–H groups in total. The van der Waals surface area contributed by atoms with Crippen molar-refractivity contribution in [3.63, 3.8) is 0 Å². The summed E-state index contributed by atoms with van der Waals surface area (Å²) in [6.07, 6.45) is 0.912. The Hall–Kier alpha value is -3.45. The number of fused-ring (bicyclic) bond motifs is 1. The number of hydrogen-bond donors (Lipinski definition) is 1. The maximum absolute atomic E-state index is 13.0. The highest BCUT2D eigenvalue weighted by Crippen LogP contribution is 2.33. The van der Waals surface area contributed by atoms with Crippen molar-refractivity contribution < 1.29 is 33.2 Å². The molecular weight excluding hydrogens is 451 g/mol. The van der Waals surface area contributed by atoms with Crippen molar-refractivity contribution >= 4 is 17.6 Å². The van der Waals surface area contributed by atoms with Crippen LogP contribution in [0.1, 0.15) is 18.4 Å². The normalized spacial score (nSPS) is 14.7. The van der Waals surface area contributed by atoms with E-state index in [0.29, 0.717) is 66.2 Å². The van der Waals surface area contributed by atoms with Gasteiger partial charge in [-0.25, -0.2) is 9.18 Å². The van der Waals surface area contributed by atoms with Crippen LogP contribution in [0, 0.1) is 5.82 Å². The van der Waals surface area contributed by atoms with E-state index in [-0.39, 0.29) is 5.82 Å². The van der Waals surface area contributed by atoms with Gasteiger partial charge in [0.2, 0.25) is 0 Å². The number of benzene rings is 3. The topological polar surface area (TPSA) is 74.2 Å². The first-order valence-corrected chi connectivity index (χ1v) is 10.9. The molecule has 1 atom stereocenters. The first-order chi connectivity index (χ1) is 16.0. The summed E-state index contributed by atoms with van der Waals surface area (Å²) in [7, 11) is 0. The number of ether oxygens (including phenoxy) is 4. The van der Waals surface area contributed by atoms with Crippen LogP contribution in [0.4, 0.5) is 4.39 Å². The smallest absolute Gasteiger partial charge is 0.344 e. The summed E-state index contributed by atoms with van der Waals surface area (Å²) in [5.74, 6) is 1.41. The number of rotatable bonds is 9. The average molecular weight is 473 g/mol. The molecule has 1 aliphatic rings. The molecule has 6 nitrogen and oxygen atoms in total. The maximum Gasteiger partial charge on any atom is 0.344 e. The minimum Gasteiger partial charge on any atom is -0.493 e. The molecule has 1 aliphatic heterocycles. The van der Waals surface area contributed by atoms with Crippen LogP contribution >= 0.6 is 11.6 Å². The minimum absolute atomic E-state index is 0.333. The second kappa shape index (κ2) is 10.4. The van der Waals surface area contributed by atoms with Gasteiger partial charge >= 0.3 is 5.97 Å². The first-order valence-electron chi connectivity index (χ1n) is 10.5. The molecule has 0 amide bonds. The fraction of sp³-hybridized carbons (Fsp3) is 0.240. The molecule has 0 bridgehead atoms. The summed E-state index contributed by atoms with van der Waals surface area (Å²) in [6, 6.07) is 16.2. The van der Waals surface area contributed by atoms with Crippen molar-refractivity contribution in [3.8, 4) is 28.7 Å². The number of carboxylic acids is 1. The average Bonchev–Trinajstić information content (AvgIpc) is 2.81. The van der Waals surface area contributed by atoms with Gasteiger partial charge in [0.05, 0.1) is 18.2 Å². The molecule has 0 saturated heterocycles. The Morgan fingerprint density at radius 3 is 2.48 bits per heavy atom. The molecule has 1 heterocycles. The lowest BCUT2D eigenvalue weighted by Gasteiger charge is -2.23. The van der Waals surface area contributed by atoms with Gasteiger partial charge in [0, 0.05) is 18.6 Å². The molecule has 1 unspecified atom stereocenters. The molecular formula is C25H22ClFO6. The van der Waals surface area contributed by atoms with E-state index in [9.17, 15) is 9.18 Å². The molecule has 8 heteroatoms. The third-order valence-electron chi connectivity index (χ3n) is 5.03. The van der Waals surface area contributed by atoms with Crippen molar-refractivity contribution in [3.05, 3.63) is 77.1 Å². The van der Waals surface area contributed by atoms with Crippen molar-refractivity contribution in [2.24, 2.45) is 0 Å². The number of aliphatic carboxylic acids is 1. The van der Waals surface area contributed by atoms with Crippen LogP contribution in [0.15, 0.2) is 60.7 Å². The second-order valence-corrected chi connectivity index (χ2v) is 7.86. The highest BCUT2D eigenvalue weighted by atomic mass is 35.5. The maximum atomic E-state index is 13.0. The third-order valence-corrected chi connectivity index (χ3v) is 5.32. The molecule has 0 spiro atoms. The van der Waals surface area contributed by atoms with E-state index in [1.54, 1.807) is 24.3 Å². The predicted molar refractivity (Wildman–Crippen MR) is 120 cm³/mol.